The molecule has 0 fully saturated rings. The summed E-state index contributed by atoms with van der Waals surface area (Å²) < 4.78 is 0.848. The van der Waals surface area contributed by atoms with E-state index in [2.05, 4.69) is 15.9 Å². The predicted molar refractivity (Wildman–Crippen MR) is 112 cm³/mol. The first-order valence-corrected chi connectivity index (χ1v) is 9.28. The van der Waals surface area contributed by atoms with Gasteiger partial charge in [-0.25, -0.2) is 0 Å². The molecule has 0 heterocycles. The van der Waals surface area contributed by atoms with Crippen LogP contribution in [-0.4, -0.2) is 0 Å². The van der Waals surface area contributed by atoms with E-state index >= 15 is 0 Å². The number of hydrogen-bond acceptors (Lipinski definition) is 2. The van der Waals surface area contributed by atoms with Gasteiger partial charge in [-0.2, -0.15) is 0 Å². The highest BCUT2D eigenvalue weighted by Gasteiger charge is 2.26. The van der Waals surface area contributed by atoms with Gasteiger partial charge in [-0.15, -0.1) is 0 Å². The van der Waals surface area contributed by atoms with Gasteiger partial charge in [0.05, 0.1) is 0 Å². The minimum atomic E-state index is 0.0291. The Hall–Kier alpha value is -2.78. The molecule has 2 aliphatic carbocycles. The SMILES string of the molecule is Cc1cc2c3c4c1cccc4c(=O)c1cc(Br)c4cccc(c2=O)c4c1-3. The molecule has 0 bridgehead atoms. The van der Waals surface area contributed by atoms with Gasteiger partial charge in [0.1, 0.15) is 0 Å². The van der Waals surface area contributed by atoms with E-state index in [9.17, 15) is 9.59 Å². The van der Waals surface area contributed by atoms with E-state index in [4.69, 9.17) is 0 Å². The monoisotopic (exact) mass is 398 g/mol. The first-order valence-electron chi connectivity index (χ1n) is 8.49. The molecule has 0 saturated carbocycles. The summed E-state index contributed by atoms with van der Waals surface area (Å²) in [5, 5.41) is 6.58. The van der Waals surface area contributed by atoms with Gasteiger partial charge in [-0.05, 0) is 35.4 Å². The van der Waals surface area contributed by atoms with Gasteiger partial charge >= 0.3 is 0 Å². The highest BCUT2D eigenvalue weighted by molar-refractivity contribution is 9.10. The summed E-state index contributed by atoms with van der Waals surface area (Å²) in [4.78, 5) is 26.6. The molecule has 0 aliphatic heterocycles. The van der Waals surface area contributed by atoms with E-state index < -0.39 is 0 Å². The molecule has 26 heavy (non-hydrogen) atoms. The summed E-state index contributed by atoms with van der Waals surface area (Å²) in [7, 11) is 0. The molecule has 0 radical (unpaired) electrons. The van der Waals surface area contributed by atoms with Gasteiger partial charge in [0.2, 0.25) is 0 Å². The Balaban J connectivity index is 2.19. The molecule has 0 N–H and O–H groups in total. The smallest absolute Gasteiger partial charge is 0.194 e. The van der Waals surface area contributed by atoms with Gasteiger partial charge in [0, 0.05) is 47.9 Å². The largest absolute Gasteiger partial charge is 0.289 e. The summed E-state index contributed by atoms with van der Waals surface area (Å²) in [5.41, 5.74) is 2.94. The van der Waals surface area contributed by atoms with Crippen molar-refractivity contribution in [3.05, 3.63) is 79.0 Å². The zero-order chi connectivity index (χ0) is 17.7. The average Bonchev–Trinajstić information content (AvgIpc) is 2.65. The molecule has 6 rings (SSSR count). The summed E-state index contributed by atoms with van der Waals surface area (Å²) in [5.74, 6) is 0. The molecular weight excluding hydrogens is 388 g/mol. The van der Waals surface area contributed by atoms with Crippen molar-refractivity contribution in [1.29, 1.82) is 0 Å². The van der Waals surface area contributed by atoms with Crippen LogP contribution in [0.4, 0.5) is 0 Å². The fourth-order valence-corrected chi connectivity index (χ4v) is 5.19. The number of benzene rings is 6. The second-order valence-electron chi connectivity index (χ2n) is 7.01. The first-order chi connectivity index (χ1) is 12.6. The minimum absolute atomic E-state index is 0.0291. The normalized spacial score (nSPS) is 12.5. The topological polar surface area (TPSA) is 34.1 Å². The molecule has 0 aromatic heterocycles. The maximum atomic E-state index is 13.3. The van der Waals surface area contributed by atoms with Gasteiger partial charge in [-0.1, -0.05) is 52.3 Å². The Labute approximate surface area is 156 Å². The van der Waals surface area contributed by atoms with E-state index in [-0.39, 0.29) is 10.9 Å². The molecule has 2 aliphatic rings. The standard InChI is InChI=1S/C23H11BrO2/c1-10-8-15-20-18-11(10)4-2-6-13(18)23(26)16-9-17(24)12-5-3-7-14(22(15)25)19(12)21(16)20/h2-9H,1H3. The first kappa shape index (κ1) is 14.4. The van der Waals surface area contributed by atoms with Crippen molar-refractivity contribution in [2.75, 3.05) is 0 Å². The second kappa shape index (κ2) is 4.49. The van der Waals surface area contributed by atoms with Crippen LogP contribution in [0.2, 0.25) is 0 Å². The average molecular weight is 399 g/mol. The quantitative estimate of drug-likeness (QED) is 0.249. The molecule has 0 unspecified atom stereocenters. The summed E-state index contributed by atoms with van der Waals surface area (Å²) >= 11 is 3.60. The summed E-state index contributed by atoms with van der Waals surface area (Å²) in [6.45, 7) is 2.00. The van der Waals surface area contributed by atoms with Gasteiger partial charge < -0.3 is 0 Å². The van der Waals surface area contributed by atoms with Crippen LogP contribution in [-0.2, 0) is 0 Å². The Morgan fingerprint density at radius 1 is 0.654 bits per heavy atom. The molecule has 2 nitrogen and oxygen atoms in total. The lowest BCUT2D eigenvalue weighted by Crippen LogP contribution is -2.13. The number of halogens is 1. The molecule has 4 aromatic rings. The van der Waals surface area contributed by atoms with Crippen molar-refractivity contribution in [3.8, 4) is 11.1 Å². The highest BCUT2D eigenvalue weighted by Crippen LogP contribution is 2.46. The Morgan fingerprint density at radius 3 is 1.81 bits per heavy atom. The maximum Gasteiger partial charge on any atom is 0.194 e. The lowest BCUT2D eigenvalue weighted by Gasteiger charge is -2.22. The predicted octanol–water partition coefficient (Wildman–Crippen LogP) is 5.51. The highest BCUT2D eigenvalue weighted by atomic mass is 79.9. The maximum absolute atomic E-state index is 13.3. The minimum Gasteiger partial charge on any atom is -0.289 e. The third-order valence-electron chi connectivity index (χ3n) is 5.71. The van der Waals surface area contributed by atoms with Crippen LogP contribution in [0, 0.1) is 6.92 Å². The van der Waals surface area contributed by atoms with Gasteiger partial charge in [0.25, 0.3) is 0 Å². The number of hydrogen-bond donors (Lipinski definition) is 0. The van der Waals surface area contributed by atoms with E-state index in [0.717, 1.165) is 42.7 Å². The summed E-state index contributed by atoms with van der Waals surface area (Å²) in [6.07, 6.45) is 0. The molecule has 3 heteroatoms. The van der Waals surface area contributed by atoms with Crippen molar-refractivity contribution in [2.24, 2.45) is 0 Å². The molecule has 0 spiro atoms. The van der Waals surface area contributed by atoms with Crippen molar-refractivity contribution < 1.29 is 0 Å². The number of aryl methyl sites for hydroxylation is 1. The fraction of sp³-hybridized carbons (Fsp3) is 0.0435. The van der Waals surface area contributed by atoms with Crippen molar-refractivity contribution in [3.63, 3.8) is 0 Å². The Bertz CT molecular complexity index is 1460. The van der Waals surface area contributed by atoms with E-state index in [1.54, 1.807) is 0 Å². The molecule has 0 amide bonds. The van der Waals surface area contributed by atoms with E-state index in [0.29, 0.717) is 21.5 Å². The third-order valence-corrected chi connectivity index (χ3v) is 6.37. The lowest BCUT2D eigenvalue weighted by atomic mass is 9.80. The molecule has 122 valence electrons. The number of rotatable bonds is 0. The van der Waals surface area contributed by atoms with Crippen molar-refractivity contribution in [1.82, 2.24) is 0 Å². The van der Waals surface area contributed by atoms with Crippen LogP contribution in [0.3, 0.4) is 0 Å². The fourth-order valence-electron chi connectivity index (χ4n) is 4.63. The van der Waals surface area contributed by atoms with Gasteiger partial charge in [-0.3, -0.25) is 9.59 Å². The zero-order valence-corrected chi connectivity index (χ0v) is 15.4. The van der Waals surface area contributed by atoms with Crippen LogP contribution in [0.5, 0.6) is 0 Å². The van der Waals surface area contributed by atoms with Crippen LogP contribution in [0.25, 0.3) is 54.2 Å². The molecule has 0 atom stereocenters. The van der Waals surface area contributed by atoms with Crippen LogP contribution < -0.4 is 10.9 Å². The van der Waals surface area contributed by atoms with Crippen LogP contribution in [0.15, 0.2) is 62.6 Å². The second-order valence-corrected chi connectivity index (χ2v) is 7.87. The molecule has 4 aromatic carbocycles. The van der Waals surface area contributed by atoms with Crippen LogP contribution >= 0.6 is 15.9 Å². The molecule has 0 saturated heterocycles. The zero-order valence-electron chi connectivity index (χ0n) is 13.8. The lowest BCUT2D eigenvalue weighted by molar-refractivity contribution is 1.53. The summed E-state index contributed by atoms with van der Waals surface area (Å²) in [6, 6.07) is 15.5. The van der Waals surface area contributed by atoms with Gasteiger partial charge in [0.15, 0.2) is 10.9 Å². The molecular formula is C23H11BrO2. The van der Waals surface area contributed by atoms with Crippen LogP contribution in [0.1, 0.15) is 5.56 Å². The third kappa shape index (κ3) is 1.45. The van der Waals surface area contributed by atoms with Crippen molar-refractivity contribution in [2.45, 2.75) is 6.92 Å². The van der Waals surface area contributed by atoms with E-state index in [1.807, 2.05) is 55.5 Å². The van der Waals surface area contributed by atoms with Crippen molar-refractivity contribution >= 4 is 59.0 Å². The Kier molecular flexibility index (Phi) is 2.48. The Morgan fingerprint density at radius 2 is 1.15 bits per heavy atom. The van der Waals surface area contributed by atoms with E-state index in [1.165, 1.54) is 0 Å².